The summed E-state index contributed by atoms with van der Waals surface area (Å²) >= 11 is 0. The molecule has 0 radical (unpaired) electrons. The largest absolute Gasteiger partial charge is 0.481 e. The molecule has 0 amide bonds. The van der Waals surface area contributed by atoms with E-state index >= 15 is 0 Å². The van der Waals surface area contributed by atoms with E-state index in [1.165, 1.54) is 122 Å². The van der Waals surface area contributed by atoms with E-state index in [1.807, 2.05) is 0 Å². The van der Waals surface area contributed by atoms with Crippen LogP contribution in [0.5, 0.6) is 0 Å². The van der Waals surface area contributed by atoms with Crippen molar-refractivity contribution in [3.8, 4) is 0 Å². The molecule has 3 saturated carbocycles. The molecule has 0 aliphatic heterocycles. The molecule has 0 heterocycles. The van der Waals surface area contributed by atoms with Gasteiger partial charge in [0.1, 0.15) is 0 Å². The first-order chi connectivity index (χ1) is 15.5. The maximum atomic E-state index is 13.0. The standard InChI is InChI=1S/C30H54O2/c1-3-5-7-8-13-19-29(30(27(31)32)20-14-10-15-21-30)24-22-28(23-25-29,18-6-4-2)26-16-11-9-12-17-26/h26H,3-25H2,1-2H3,(H,31,32). The quantitative estimate of drug-likeness (QED) is 0.303. The number of hydrogen-bond acceptors (Lipinski definition) is 1. The normalized spacial score (nSPS) is 31.4. The Balaban J connectivity index is 1.81. The van der Waals surface area contributed by atoms with Crippen molar-refractivity contribution in [2.75, 3.05) is 0 Å². The first-order valence-corrected chi connectivity index (χ1v) is 14.8. The second-order valence-corrected chi connectivity index (χ2v) is 12.2. The molecule has 0 aromatic rings. The first-order valence-electron chi connectivity index (χ1n) is 14.8. The van der Waals surface area contributed by atoms with Gasteiger partial charge in [-0.1, -0.05) is 97.3 Å². The van der Waals surface area contributed by atoms with Crippen LogP contribution >= 0.6 is 0 Å². The molecule has 0 bridgehead atoms. The Hall–Kier alpha value is -0.530. The number of carbonyl (C=O) groups is 1. The zero-order chi connectivity index (χ0) is 22.9. The summed E-state index contributed by atoms with van der Waals surface area (Å²) in [7, 11) is 0. The van der Waals surface area contributed by atoms with Crippen molar-refractivity contribution >= 4 is 5.97 Å². The second kappa shape index (κ2) is 12.3. The minimum Gasteiger partial charge on any atom is -0.481 e. The Kier molecular flexibility index (Phi) is 9.99. The van der Waals surface area contributed by atoms with Gasteiger partial charge >= 0.3 is 5.97 Å². The molecule has 0 atom stereocenters. The smallest absolute Gasteiger partial charge is 0.310 e. The van der Waals surface area contributed by atoms with Crippen molar-refractivity contribution in [2.45, 2.75) is 162 Å². The fourth-order valence-corrected chi connectivity index (χ4v) is 8.49. The van der Waals surface area contributed by atoms with Crippen molar-refractivity contribution in [1.29, 1.82) is 0 Å². The number of carboxylic acid groups (broad SMARTS) is 1. The molecule has 0 unspecified atom stereocenters. The zero-order valence-corrected chi connectivity index (χ0v) is 21.7. The molecule has 0 aromatic carbocycles. The van der Waals surface area contributed by atoms with Gasteiger partial charge in [-0.05, 0) is 81.0 Å². The maximum Gasteiger partial charge on any atom is 0.310 e. The zero-order valence-electron chi connectivity index (χ0n) is 21.7. The van der Waals surface area contributed by atoms with Gasteiger partial charge < -0.3 is 5.11 Å². The Labute approximate surface area is 199 Å². The summed E-state index contributed by atoms with van der Waals surface area (Å²) in [6.45, 7) is 4.63. The molecule has 0 aromatic heterocycles. The predicted molar refractivity (Wildman–Crippen MR) is 136 cm³/mol. The average Bonchev–Trinajstić information content (AvgIpc) is 2.84. The summed E-state index contributed by atoms with van der Waals surface area (Å²) in [6, 6.07) is 0. The Bertz CT molecular complexity index is 545. The highest BCUT2D eigenvalue weighted by Gasteiger charge is 2.59. The molecule has 32 heavy (non-hydrogen) atoms. The van der Waals surface area contributed by atoms with E-state index in [9.17, 15) is 9.90 Å². The number of aliphatic carboxylic acids is 1. The van der Waals surface area contributed by atoms with Gasteiger partial charge in [0.05, 0.1) is 5.41 Å². The monoisotopic (exact) mass is 446 g/mol. The molecular weight excluding hydrogens is 392 g/mol. The highest BCUT2D eigenvalue weighted by molar-refractivity contribution is 5.76. The van der Waals surface area contributed by atoms with Crippen molar-refractivity contribution in [1.82, 2.24) is 0 Å². The minimum absolute atomic E-state index is 0.0653. The molecule has 2 heteroatoms. The van der Waals surface area contributed by atoms with Crippen LogP contribution < -0.4 is 0 Å². The maximum absolute atomic E-state index is 13.0. The Morgan fingerprint density at radius 3 is 1.88 bits per heavy atom. The molecule has 3 rings (SSSR count). The molecular formula is C30H54O2. The number of rotatable bonds is 12. The van der Waals surface area contributed by atoms with E-state index < -0.39 is 11.4 Å². The highest BCUT2D eigenvalue weighted by Crippen LogP contribution is 2.64. The second-order valence-electron chi connectivity index (χ2n) is 12.2. The van der Waals surface area contributed by atoms with Gasteiger partial charge in [-0.2, -0.15) is 0 Å². The van der Waals surface area contributed by atoms with Crippen LogP contribution in [0.1, 0.15) is 162 Å². The van der Waals surface area contributed by atoms with Crippen molar-refractivity contribution in [3.05, 3.63) is 0 Å². The third-order valence-electron chi connectivity index (χ3n) is 10.6. The highest BCUT2D eigenvalue weighted by atomic mass is 16.4. The lowest BCUT2D eigenvalue weighted by atomic mass is 9.46. The predicted octanol–water partition coefficient (Wildman–Crippen LogP) is 9.70. The summed E-state index contributed by atoms with van der Waals surface area (Å²) in [5.41, 5.74) is 0.159. The summed E-state index contributed by atoms with van der Waals surface area (Å²) in [6.07, 6.45) is 29.4. The summed E-state index contributed by atoms with van der Waals surface area (Å²) in [4.78, 5) is 13.0. The van der Waals surface area contributed by atoms with Crippen LogP contribution in [0.3, 0.4) is 0 Å². The molecule has 1 N–H and O–H groups in total. The lowest BCUT2D eigenvalue weighted by Crippen LogP contribution is -2.53. The van der Waals surface area contributed by atoms with Crippen LogP contribution in [-0.2, 0) is 4.79 Å². The lowest BCUT2D eigenvalue weighted by Gasteiger charge is -2.58. The fourth-order valence-electron chi connectivity index (χ4n) is 8.49. The van der Waals surface area contributed by atoms with Crippen molar-refractivity contribution in [2.24, 2.45) is 22.2 Å². The summed E-state index contributed by atoms with van der Waals surface area (Å²) in [5.74, 6) is 0.474. The van der Waals surface area contributed by atoms with Gasteiger partial charge in [0.15, 0.2) is 0 Å². The molecule has 0 spiro atoms. The van der Waals surface area contributed by atoms with E-state index in [1.54, 1.807) is 0 Å². The summed E-state index contributed by atoms with van der Waals surface area (Å²) in [5, 5.41) is 10.7. The first kappa shape index (κ1) is 26.1. The fraction of sp³-hybridized carbons (Fsp3) is 0.967. The number of hydrogen-bond donors (Lipinski definition) is 1. The van der Waals surface area contributed by atoms with Crippen LogP contribution in [0.15, 0.2) is 0 Å². The van der Waals surface area contributed by atoms with E-state index in [0.29, 0.717) is 5.41 Å². The third kappa shape index (κ3) is 5.57. The van der Waals surface area contributed by atoms with Crippen LogP contribution in [0, 0.1) is 22.2 Å². The van der Waals surface area contributed by atoms with Crippen LogP contribution in [0.2, 0.25) is 0 Å². The molecule has 3 fully saturated rings. The van der Waals surface area contributed by atoms with Crippen molar-refractivity contribution in [3.63, 3.8) is 0 Å². The van der Waals surface area contributed by atoms with Gasteiger partial charge in [-0.3, -0.25) is 4.79 Å². The molecule has 2 nitrogen and oxygen atoms in total. The van der Waals surface area contributed by atoms with E-state index in [2.05, 4.69) is 13.8 Å². The van der Waals surface area contributed by atoms with Gasteiger partial charge in [0.2, 0.25) is 0 Å². The van der Waals surface area contributed by atoms with Gasteiger partial charge in [0.25, 0.3) is 0 Å². The topological polar surface area (TPSA) is 37.3 Å². The molecule has 3 aliphatic carbocycles. The molecule has 186 valence electrons. The van der Waals surface area contributed by atoms with Crippen LogP contribution in [-0.4, -0.2) is 11.1 Å². The molecule has 3 aliphatic rings. The van der Waals surface area contributed by atoms with Gasteiger partial charge in [0, 0.05) is 0 Å². The van der Waals surface area contributed by atoms with E-state index in [4.69, 9.17) is 0 Å². The Morgan fingerprint density at radius 2 is 1.28 bits per heavy atom. The Morgan fingerprint density at radius 1 is 0.688 bits per heavy atom. The van der Waals surface area contributed by atoms with E-state index in [0.717, 1.165) is 31.6 Å². The van der Waals surface area contributed by atoms with Crippen LogP contribution in [0.4, 0.5) is 0 Å². The molecule has 0 saturated heterocycles. The van der Waals surface area contributed by atoms with Gasteiger partial charge in [-0.25, -0.2) is 0 Å². The minimum atomic E-state index is -0.440. The van der Waals surface area contributed by atoms with E-state index in [-0.39, 0.29) is 5.41 Å². The number of unbranched alkanes of at least 4 members (excludes halogenated alkanes) is 5. The van der Waals surface area contributed by atoms with Crippen molar-refractivity contribution < 1.29 is 9.90 Å². The SMILES string of the molecule is CCCCCCCC1(C2(C(=O)O)CCCCC2)CCC(CCCC)(C2CCCCC2)CC1. The average molecular weight is 447 g/mol. The number of carboxylic acids is 1. The van der Waals surface area contributed by atoms with Crippen LogP contribution in [0.25, 0.3) is 0 Å². The summed E-state index contributed by atoms with van der Waals surface area (Å²) < 4.78 is 0. The lowest BCUT2D eigenvalue weighted by molar-refractivity contribution is -0.171. The van der Waals surface area contributed by atoms with Gasteiger partial charge in [-0.15, -0.1) is 0 Å². The third-order valence-corrected chi connectivity index (χ3v) is 10.6.